The lowest BCUT2D eigenvalue weighted by atomic mass is 9.90. The Labute approximate surface area is 126 Å². The number of pyridine rings is 1. The van der Waals surface area contributed by atoms with Gasteiger partial charge < -0.3 is 10.0 Å². The number of halogens is 1. The van der Waals surface area contributed by atoms with Gasteiger partial charge in [-0.15, -0.1) is 0 Å². The molecule has 1 aromatic heterocycles. The van der Waals surface area contributed by atoms with Crippen molar-refractivity contribution < 1.29 is 14.8 Å². The number of aliphatic hydroxyl groups excluding tert-OH is 1. The van der Waals surface area contributed by atoms with E-state index in [0.29, 0.717) is 13.0 Å². The minimum Gasteiger partial charge on any atom is -0.396 e. The highest BCUT2D eigenvalue weighted by Gasteiger charge is 2.32. The fourth-order valence-electron chi connectivity index (χ4n) is 2.28. The van der Waals surface area contributed by atoms with E-state index in [4.69, 9.17) is 16.7 Å². The van der Waals surface area contributed by atoms with E-state index in [2.05, 4.69) is 4.98 Å². The maximum Gasteiger partial charge on any atom is 0.300 e. The number of carbonyl (C=O) groups is 1. The van der Waals surface area contributed by atoms with Crippen molar-refractivity contribution in [3.05, 3.63) is 33.1 Å². The van der Waals surface area contributed by atoms with E-state index in [1.165, 1.54) is 6.07 Å². The molecule has 1 aliphatic carbocycles. The van der Waals surface area contributed by atoms with Crippen molar-refractivity contribution in [1.29, 1.82) is 0 Å². The van der Waals surface area contributed by atoms with Crippen molar-refractivity contribution in [1.82, 2.24) is 9.88 Å². The van der Waals surface area contributed by atoms with Crippen LogP contribution in [0.1, 0.15) is 36.0 Å². The standard InChI is InChI=1S/C13H16ClN3O4/c14-12-7-10(11(8-15-12)17(20)21)13(19)16(5-2-6-18)9-3-1-4-9/h7-9,18H,1-6H2. The summed E-state index contributed by atoms with van der Waals surface area (Å²) >= 11 is 5.76. The van der Waals surface area contributed by atoms with Crippen LogP contribution in [-0.4, -0.2) is 45.0 Å². The van der Waals surface area contributed by atoms with Crippen LogP contribution >= 0.6 is 11.6 Å². The zero-order valence-corrected chi connectivity index (χ0v) is 12.1. The van der Waals surface area contributed by atoms with E-state index in [0.717, 1.165) is 25.5 Å². The monoisotopic (exact) mass is 313 g/mol. The minimum atomic E-state index is -0.637. The van der Waals surface area contributed by atoms with Crippen LogP contribution in [-0.2, 0) is 0 Å². The molecule has 1 fully saturated rings. The Hall–Kier alpha value is -1.73. The van der Waals surface area contributed by atoms with Crippen LogP contribution in [0.2, 0.25) is 5.15 Å². The van der Waals surface area contributed by atoms with Crippen LogP contribution in [0, 0.1) is 10.1 Å². The van der Waals surface area contributed by atoms with E-state index in [9.17, 15) is 14.9 Å². The van der Waals surface area contributed by atoms with Crippen molar-refractivity contribution in [3.8, 4) is 0 Å². The van der Waals surface area contributed by atoms with Gasteiger partial charge >= 0.3 is 0 Å². The molecule has 1 N–H and O–H groups in total. The number of carbonyl (C=O) groups excluding carboxylic acids is 1. The predicted octanol–water partition coefficient (Wildman–Crippen LogP) is 2.02. The van der Waals surface area contributed by atoms with Gasteiger partial charge in [-0.2, -0.15) is 0 Å². The fraction of sp³-hybridized carbons (Fsp3) is 0.538. The second-order valence-electron chi connectivity index (χ2n) is 4.94. The van der Waals surface area contributed by atoms with Crippen LogP contribution in [0.4, 0.5) is 5.69 Å². The maximum atomic E-state index is 12.6. The third-order valence-electron chi connectivity index (χ3n) is 3.61. The average molecular weight is 314 g/mol. The lowest BCUT2D eigenvalue weighted by Gasteiger charge is -2.37. The van der Waals surface area contributed by atoms with Gasteiger partial charge in [0.1, 0.15) is 16.9 Å². The number of aromatic nitrogens is 1. The lowest BCUT2D eigenvalue weighted by molar-refractivity contribution is -0.385. The van der Waals surface area contributed by atoms with Crippen LogP contribution < -0.4 is 0 Å². The Balaban J connectivity index is 2.30. The molecule has 8 heteroatoms. The molecular formula is C13H16ClN3O4. The Morgan fingerprint density at radius 2 is 2.29 bits per heavy atom. The maximum absolute atomic E-state index is 12.6. The van der Waals surface area contributed by atoms with Gasteiger partial charge in [0.15, 0.2) is 0 Å². The smallest absolute Gasteiger partial charge is 0.300 e. The molecule has 0 spiro atoms. The van der Waals surface area contributed by atoms with Crippen LogP contribution in [0.5, 0.6) is 0 Å². The first kappa shape index (κ1) is 15.7. The number of hydrogen-bond acceptors (Lipinski definition) is 5. The molecule has 0 unspecified atom stereocenters. The highest BCUT2D eigenvalue weighted by molar-refractivity contribution is 6.29. The number of amides is 1. The Morgan fingerprint density at radius 3 is 2.81 bits per heavy atom. The molecule has 0 atom stereocenters. The molecule has 0 bridgehead atoms. The molecule has 1 saturated carbocycles. The summed E-state index contributed by atoms with van der Waals surface area (Å²) in [5, 5.41) is 20.0. The van der Waals surface area contributed by atoms with Gasteiger partial charge in [0.05, 0.1) is 4.92 Å². The molecule has 114 valence electrons. The van der Waals surface area contributed by atoms with E-state index in [1.54, 1.807) is 4.90 Å². The third-order valence-corrected chi connectivity index (χ3v) is 3.82. The molecule has 1 aliphatic rings. The Morgan fingerprint density at radius 1 is 1.57 bits per heavy atom. The second-order valence-corrected chi connectivity index (χ2v) is 5.33. The summed E-state index contributed by atoms with van der Waals surface area (Å²) in [7, 11) is 0. The number of nitrogens with zero attached hydrogens (tertiary/aromatic N) is 3. The van der Waals surface area contributed by atoms with Gasteiger partial charge in [0.25, 0.3) is 11.6 Å². The molecule has 0 radical (unpaired) electrons. The zero-order valence-electron chi connectivity index (χ0n) is 11.4. The topological polar surface area (TPSA) is 96.6 Å². The van der Waals surface area contributed by atoms with Crippen LogP contribution in [0.3, 0.4) is 0 Å². The summed E-state index contributed by atoms with van der Waals surface area (Å²) in [5.74, 6) is -0.427. The van der Waals surface area contributed by atoms with Gasteiger partial charge in [-0.25, -0.2) is 4.98 Å². The number of hydrogen-bond donors (Lipinski definition) is 1. The van der Waals surface area contributed by atoms with Gasteiger partial charge in [0.2, 0.25) is 0 Å². The van der Waals surface area contributed by atoms with Crippen LogP contribution in [0.25, 0.3) is 0 Å². The SMILES string of the molecule is O=C(c1cc(Cl)ncc1[N+](=O)[O-])N(CCCO)C1CCC1. The minimum absolute atomic E-state index is 0.0320. The van der Waals surface area contributed by atoms with Gasteiger partial charge in [-0.1, -0.05) is 11.6 Å². The van der Waals surface area contributed by atoms with Gasteiger partial charge in [-0.3, -0.25) is 14.9 Å². The summed E-state index contributed by atoms with van der Waals surface area (Å²) in [6.45, 7) is 0.340. The number of aliphatic hydroxyl groups is 1. The van der Waals surface area contributed by atoms with Crippen molar-refractivity contribution in [3.63, 3.8) is 0 Å². The van der Waals surface area contributed by atoms with E-state index in [1.807, 2.05) is 0 Å². The largest absolute Gasteiger partial charge is 0.396 e. The summed E-state index contributed by atoms with van der Waals surface area (Å²) in [4.78, 5) is 28.3. The molecular weight excluding hydrogens is 298 g/mol. The van der Waals surface area contributed by atoms with Crippen molar-refractivity contribution in [2.75, 3.05) is 13.2 Å². The molecule has 7 nitrogen and oxygen atoms in total. The molecule has 1 amide bonds. The number of rotatable bonds is 6. The fourth-order valence-corrected chi connectivity index (χ4v) is 2.44. The zero-order chi connectivity index (χ0) is 15.4. The predicted molar refractivity (Wildman–Crippen MR) is 76.3 cm³/mol. The second kappa shape index (κ2) is 6.82. The molecule has 0 saturated heterocycles. The Kier molecular flexibility index (Phi) is 5.08. The van der Waals surface area contributed by atoms with Gasteiger partial charge in [-0.05, 0) is 31.7 Å². The average Bonchev–Trinajstić information content (AvgIpc) is 2.40. The van der Waals surface area contributed by atoms with Crippen molar-refractivity contribution >= 4 is 23.2 Å². The molecule has 1 aromatic rings. The number of nitro groups is 1. The third kappa shape index (κ3) is 3.48. The quantitative estimate of drug-likeness (QED) is 0.492. The van der Waals surface area contributed by atoms with E-state index >= 15 is 0 Å². The molecule has 1 heterocycles. The summed E-state index contributed by atoms with van der Waals surface area (Å²) in [6, 6.07) is 1.31. The molecule has 21 heavy (non-hydrogen) atoms. The molecule has 0 aromatic carbocycles. The first-order valence-electron chi connectivity index (χ1n) is 6.76. The normalized spacial score (nSPS) is 14.6. The molecule has 0 aliphatic heterocycles. The summed E-state index contributed by atoms with van der Waals surface area (Å²) < 4.78 is 0. The molecule has 2 rings (SSSR count). The first-order valence-corrected chi connectivity index (χ1v) is 7.14. The lowest BCUT2D eigenvalue weighted by Crippen LogP contribution is -2.45. The summed E-state index contributed by atoms with van der Waals surface area (Å²) in [5.41, 5.74) is -0.400. The first-order chi connectivity index (χ1) is 10.0. The summed E-state index contributed by atoms with van der Waals surface area (Å²) in [6.07, 6.45) is 4.23. The Bertz CT molecular complexity index is 548. The van der Waals surface area contributed by atoms with E-state index in [-0.39, 0.29) is 29.1 Å². The van der Waals surface area contributed by atoms with Crippen molar-refractivity contribution in [2.24, 2.45) is 0 Å². The van der Waals surface area contributed by atoms with Crippen molar-refractivity contribution in [2.45, 2.75) is 31.7 Å². The van der Waals surface area contributed by atoms with Crippen LogP contribution in [0.15, 0.2) is 12.3 Å². The highest BCUT2D eigenvalue weighted by Crippen LogP contribution is 2.29. The van der Waals surface area contributed by atoms with E-state index < -0.39 is 10.8 Å². The highest BCUT2D eigenvalue weighted by atomic mass is 35.5. The van der Waals surface area contributed by atoms with Gasteiger partial charge in [0, 0.05) is 19.2 Å².